The highest BCUT2D eigenvalue weighted by molar-refractivity contribution is 6.05. The molecule has 30 heavy (non-hydrogen) atoms. The normalized spacial score (nSPS) is 11.4. The Kier molecular flexibility index (Phi) is 5.48. The Morgan fingerprint density at radius 2 is 1.80 bits per heavy atom. The molecule has 0 aliphatic carbocycles. The van der Waals surface area contributed by atoms with Gasteiger partial charge in [-0.1, -0.05) is 42.5 Å². The number of anilines is 1. The van der Waals surface area contributed by atoms with Gasteiger partial charge in [-0.3, -0.25) is 4.79 Å². The molecule has 0 aliphatic rings. The molecule has 0 fully saturated rings. The zero-order chi connectivity index (χ0) is 21.1. The van der Waals surface area contributed by atoms with Gasteiger partial charge in [0.1, 0.15) is 5.82 Å². The fraction of sp³-hybridized carbons (Fsp3) is 0.208. The van der Waals surface area contributed by atoms with Crippen LogP contribution in [-0.2, 0) is 11.3 Å². The van der Waals surface area contributed by atoms with Crippen LogP contribution in [0, 0.1) is 6.92 Å². The first kappa shape index (κ1) is 19.6. The molecule has 1 amide bonds. The summed E-state index contributed by atoms with van der Waals surface area (Å²) < 4.78 is 2.06. The van der Waals surface area contributed by atoms with Crippen molar-refractivity contribution in [2.75, 3.05) is 19.0 Å². The molecule has 1 heterocycles. The third-order valence-electron chi connectivity index (χ3n) is 5.22. The molecule has 0 spiro atoms. The van der Waals surface area contributed by atoms with Crippen molar-refractivity contribution in [3.63, 3.8) is 0 Å². The number of benzene rings is 3. The topological polar surface area (TPSA) is 62.5 Å². The van der Waals surface area contributed by atoms with E-state index in [2.05, 4.69) is 43.2 Å². The van der Waals surface area contributed by atoms with Crippen LogP contribution in [0.5, 0.6) is 0 Å². The summed E-state index contributed by atoms with van der Waals surface area (Å²) in [5, 5.41) is 6.44. The predicted molar refractivity (Wildman–Crippen MR) is 123 cm³/mol. The van der Waals surface area contributed by atoms with Gasteiger partial charge in [0.2, 0.25) is 5.91 Å². The number of hydrogen-bond donors (Lipinski definition) is 1. The largest absolute Gasteiger partial charge is 0.377 e. The molecule has 0 saturated heterocycles. The van der Waals surface area contributed by atoms with Gasteiger partial charge < -0.3 is 9.47 Å². The highest BCUT2D eigenvalue weighted by Gasteiger charge is 2.09. The number of aromatic nitrogens is 2. The van der Waals surface area contributed by atoms with E-state index in [0.29, 0.717) is 13.0 Å². The minimum atomic E-state index is -0.127. The molecule has 1 aromatic heterocycles. The van der Waals surface area contributed by atoms with Gasteiger partial charge in [0.15, 0.2) is 0 Å². The van der Waals surface area contributed by atoms with E-state index in [1.165, 1.54) is 0 Å². The smallest absolute Gasteiger partial charge is 0.241 e. The van der Waals surface area contributed by atoms with Crippen LogP contribution in [0.2, 0.25) is 0 Å². The number of imidazole rings is 1. The van der Waals surface area contributed by atoms with E-state index < -0.39 is 0 Å². The third-order valence-corrected chi connectivity index (χ3v) is 5.22. The monoisotopic (exact) mass is 399 g/mol. The van der Waals surface area contributed by atoms with Gasteiger partial charge in [0, 0.05) is 43.7 Å². The lowest BCUT2D eigenvalue weighted by Gasteiger charge is -2.16. The highest BCUT2D eigenvalue weighted by Crippen LogP contribution is 2.27. The lowest BCUT2D eigenvalue weighted by atomic mass is 10.0. The van der Waals surface area contributed by atoms with Crippen molar-refractivity contribution in [3.05, 3.63) is 72.1 Å². The van der Waals surface area contributed by atoms with E-state index in [-0.39, 0.29) is 5.91 Å². The molecule has 152 valence electrons. The second-order valence-corrected chi connectivity index (χ2v) is 7.46. The lowest BCUT2D eigenvalue weighted by molar-refractivity contribution is -0.121. The number of carbonyl (C=O) groups excluding carboxylic acids is 1. The highest BCUT2D eigenvalue weighted by atomic mass is 16.2. The Morgan fingerprint density at radius 1 is 1.07 bits per heavy atom. The molecule has 6 heteroatoms. The van der Waals surface area contributed by atoms with E-state index in [9.17, 15) is 4.79 Å². The van der Waals surface area contributed by atoms with Crippen molar-refractivity contribution >= 4 is 39.6 Å². The SMILES string of the molecule is Cc1nc2ccccc2n1CCC(=O)N/N=C/c1ccc(N(C)C)c2ccccc12. The molecular weight excluding hydrogens is 374 g/mol. The van der Waals surface area contributed by atoms with Gasteiger partial charge in [-0.15, -0.1) is 0 Å². The van der Waals surface area contributed by atoms with Crippen molar-refractivity contribution in [1.82, 2.24) is 15.0 Å². The van der Waals surface area contributed by atoms with E-state index in [1.807, 2.05) is 63.5 Å². The summed E-state index contributed by atoms with van der Waals surface area (Å²) in [4.78, 5) is 18.9. The van der Waals surface area contributed by atoms with E-state index in [0.717, 1.165) is 38.9 Å². The number of hydrogen-bond acceptors (Lipinski definition) is 4. The zero-order valence-electron chi connectivity index (χ0n) is 17.5. The summed E-state index contributed by atoms with van der Waals surface area (Å²) in [5.41, 5.74) is 6.75. The molecular formula is C24H25N5O. The summed E-state index contributed by atoms with van der Waals surface area (Å²) in [7, 11) is 4.06. The van der Waals surface area contributed by atoms with Crippen LogP contribution in [0.15, 0.2) is 65.8 Å². The third kappa shape index (κ3) is 3.89. The summed E-state index contributed by atoms with van der Waals surface area (Å²) in [6.45, 7) is 2.52. The number of carbonyl (C=O) groups is 1. The zero-order valence-corrected chi connectivity index (χ0v) is 17.5. The number of fused-ring (bicyclic) bond motifs is 2. The average molecular weight is 399 g/mol. The average Bonchev–Trinajstić information content (AvgIpc) is 3.07. The van der Waals surface area contributed by atoms with E-state index >= 15 is 0 Å². The van der Waals surface area contributed by atoms with Crippen LogP contribution in [-0.4, -0.2) is 35.8 Å². The molecule has 4 rings (SSSR count). The number of aryl methyl sites for hydroxylation is 2. The van der Waals surface area contributed by atoms with Crippen LogP contribution >= 0.6 is 0 Å². The van der Waals surface area contributed by atoms with Gasteiger partial charge >= 0.3 is 0 Å². The maximum atomic E-state index is 12.3. The van der Waals surface area contributed by atoms with Gasteiger partial charge in [0.25, 0.3) is 0 Å². The minimum absolute atomic E-state index is 0.127. The fourth-order valence-corrected chi connectivity index (χ4v) is 3.73. The number of rotatable bonds is 6. The molecule has 0 unspecified atom stereocenters. The number of hydrazone groups is 1. The Balaban J connectivity index is 1.44. The molecule has 6 nitrogen and oxygen atoms in total. The second-order valence-electron chi connectivity index (χ2n) is 7.46. The molecule has 0 saturated carbocycles. The van der Waals surface area contributed by atoms with Crippen molar-refractivity contribution < 1.29 is 4.79 Å². The summed E-state index contributed by atoms with van der Waals surface area (Å²) in [6.07, 6.45) is 2.04. The van der Waals surface area contributed by atoms with Crippen molar-refractivity contribution in [2.24, 2.45) is 5.10 Å². The van der Waals surface area contributed by atoms with Gasteiger partial charge in [-0.2, -0.15) is 5.10 Å². The molecule has 0 radical (unpaired) electrons. The second kappa shape index (κ2) is 8.37. The molecule has 3 aromatic carbocycles. The van der Waals surface area contributed by atoms with Gasteiger partial charge in [0.05, 0.1) is 17.2 Å². The first-order valence-electron chi connectivity index (χ1n) is 9.97. The van der Waals surface area contributed by atoms with Crippen LogP contribution in [0.3, 0.4) is 0 Å². The van der Waals surface area contributed by atoms with Crippen molar-refractivity contribution in [3.8, 4) is 0 Å². The Hall–Kier alpha value is -3.67. The lowest BCUT2D eigenvalue weighted by Crippen LogP contribution is -2.19. The quantitative estimate of drug-likeness (QED) is 0.392. The summed E-state index contributed by atoms with van der Waals surface area (Å²) in [6, 6.07) is 20.2. The van der Waals surface area contributed by atoms with Gasteiger partial charge in [-0.05, 0) is 30.5 Å². The fourth-order valence-electron chi connectivity index (χ4n) is 3.73. The summed E-state index contributed by atoms with van der Waals surface area (Å²) >= 11 is 0. The van der Waals surface area contributed by atoms with Crippen LogP contribution in [0.4, 0.5) is 5.69 Å². The van der Waals surface area contributed by atoms with Crippen molar-refractivity contribution in [1.29, 1.82) is 0 Å². The first-order chi connectivity index (χ1) is 14.5. The molecule has 0 bridgehead atoms. The van der Waals surface area contributed by atoms with Gasteiger partial charge in [-0.25, -0.2) is 10.4 Å². The Bertz CT molecular complexity index is 1240. The van der Waals surface area contributed by atoms with Crippen molar-refractivity contribution in [2.45, 2.75) is 19.9 Å². The Labute approximate surface area is 175 Å². The Morgan fingerprint density at radius 3 is 2.60 bits per heavy atom. The number of amides is 1. The molecule has 0 atom stereocenters. The molecule has 4 aromatic rings. The minimum Gasteiger partial charge on any atom is -0.377 e. The predicted octanol–water partition coefficient (Wildman–Crippen LogP) is 4.10. The maximum Gasteiger partial charge on any atom is 0.241 e. The molecule has 1 N–H and O–H groups in total. The first-order valence-corrected chi connectivity index (χ1v) is 9.97. The molecule has 0 aliphatic heterocycles. The van der Waals surface area contributed by atoms with Crippen LogP contribution in [0.1, 0.15) is 17.8 Å². The number of nitrogens with zero attached hydrogens (tertiary/aromatic N) is 4. The van der Waals surface area contributed by atoms with Crippen LogP contribution < -0.4 is 10.3 Å². The van der Waals surface area contributed by atoms with Crippen LogP contribution in [0.25, 0.3) is 21.8 Å². The van der Waals surface area contributed by atoms with E-state index in [1.54, 1.807) is 6.21 Å². The maximum absolute atomic E-state index is 12.3. The summed E-state index contributed by atoms with van der Waals surface area (Å²) in [5.74, 6) is 0.776. The standard InChI is InChI=1S/C24H25N5O/c1-17-26-21-10-6-7-11-23(21)29(17)15-14-24(30)27-25-16-18-12-13-22(28(2)3)20-9-5-4-8-19(18)20/h4-13,16H,14-15H2,1-3H3,(H,27,30)/b25-16+. The number of para-hydroxylation sites is 2. The number of nitrogens with one attached hydrogen (secondary N) is 1. The van der Waals surface area contributed by atoms with E-state index in [4.69, 9.17) is 0 Å².